The van der Waals surface area contributed by atoms with Gasteiger partial charge < -0.3 is 9.84 Å². The Morgan fingerprint density at radius 2 is 2.19 bits per heavy atom. The SMILES string of the molecule is CC1SCCSC1c1noc(-c2ccc3c(c2)CCN3)n1. The first kappa shape index (κ1) is 13.5. The minimum absolute atomic E-state index is 0.345. The highest BCUT2D eigenvalue weighted by Gasteiger charge is 2.28. The zero-order valence-corrected chi connectivity index (χ0v) is 13.5. The molecule has 0 saturated carbocycles. The zero-order chi connectivity index (χ0) is 14.2. The number of hydrogen-bond donors (Lipinski definition) is 1. The monoisotopic (exact) mass is 319 g/mol. The third-order valence-electron chi connectivity index (χ3n) is 3.95. The minimum Gasteiger partial charge on any atom is -0.384 e. The van der Waals surface area contributed by atoms with E-state index in [1.165, 1.54) is 17.0 Å². The van der Waals surface area contributed by atoms with Crippen LogP contribution in [0.1, 0.15) is 23.6 Å². The molecule has 0 bridgehead atoms. The number of anilines is 1. The van der Waals surface area contributed by atoms with E-state index in [0.29, 0.717) is 16.4 Å². The Kier molecular flexibility index (Phi) is 3.59. The zero-order valence-electron chi connectivity index (χ0n) is 11.8. The number of fused-ring (bicyclic) bond motifs is 1. The minimum atomic E-state index is 0.345. The molecule has 110 valence electrons. The third-order valence-corrected chi connectivity index (χ3v) is 7.03. The Balaban J connectivity index is 1.62. The highest BCUT2D eigenvalue weighted by atomic mass is 32.2. The highest BCUT2D eigenvalue weighted by Crippen LogP contribution is 2.41. The standard InChI is InChI=1S/C15H17N3OS2/c1-9-13(21-7-6-20-9)14-17-15(19-18-14)11-2-3-12-10(8-11)4-5-16-12/h2-3,8-9,13,16H,4-7H2,1H3. The van der Waals surface area contributed by atoms with Crippen molar-refractivity contribution >= 4 is 29.2 Å². The first-order valence-electron chi connectivity index (χ1n) is 7.25. The van der Waals surface area contributed by atoms with Gasteiger partial charge in [0.15, 0.2) is 5.82 Å². The number of rotatable bonds is 2. The van der Waals surface area contributed by atoms with Crippen LogP contribution < -0.4 is 5.32 Å². The van der Waals surface area contributed by atoms with E-state index < -0.39 is 0 Å². The molecule has 2 unspecified atom stereocenters. The molecular weight excluding hydrogens is 302 g/mol. The first-order valence-corrected chi connectivity index (χ1v) is 9.35. The average Bonchev–Trinajstić information content (AvgIpc) is 3.16. The van der Waals surface area contributed by atoms with Crippen molar-refractivity contribution in [3.05, 3.63) is 29.6 Å². The lowest BCUT2D eigenvalue weighted by Gasteiger charge is -2.24. The fourth-order valence-corrected chi connectivity index (χ4v) is 5.50. The summed E-state index contributed by atoms with van der Waals surface area (Å²) < 4.78 is 5.51. The summed E-state index contributed by atoms with van der Waals surface area (Å²) in [6, 6.07) is 6.33. The van der Waals surface area contributed by atoms with Crippen molar-refractivity contribution in [1.82, 2.24) is 10.1 Å². The summed E-state index contributed by atoms with van der Waals surface area (Å²) in [6.45, 7) is 3.26. The van der Waals surface area contributed by atoms with E-state index in [1.54, 1.807) is 0 Å². The van der Waals surface area contributed by atoms with Gasteiger partial charge in [0, 0.05) is 34.6 Å². The molecule has 2 aliphatic rings. The number of nitrogens with one attached hydrogen (secondary N) is 1. The molecule has 0 spiro atoms. The molecule has 1 saturated heterocycles. The van der Waals surface area contributed by atoms with Crippen LogP contribution in [-0.2, 0) is 6.42 Å². The van der Waals surface area contributed by atoms with E-state index in [2.05, 4.69) is 40.6 Å². The van der Waals surface area contributed by atoms with E-state index in [1.807, 2.05) is 23.5 Å². The van der Waals surface area contributed by atoms with Crippen molar-refractivity contribution < 1.29 is 4.52 Å². The fraction of sp³-hybridized carbons (Fsp3) is 0.467. The number of nitrogens with zero attached hydrogens (tertiary/aromatic N) is 2. The molecule has 1 fully saturated rings. The van der Waals surface area contributed by atoms with Crippen molar-refractivity contribution in [1.29, 1.82) is 0 Å². The van der Waals surface area contributed by atoms with Crippen LogP contribution in [0.15, 0.2) is 22.7 Å². The summed E-state index contributed by atoms with van der Waals surface area (Å²) in [5.41, 5.74) is 3.59. The lowest BCUT2D eigenvalue weighted by atomic mass is 10.1. The van der Waals surface area contributed by atoms with Gasteiger partial charge in [0.25, 0.3) is 5.89 Å². The topological polar surface area (TPSA) is 51.0 Å². The lowest BCUT2D eigenvalue weighted by molar-refractivity contribution is 0.422. The Hall–Kier alpha value is -1.14. The predicted molar refractivity (Wildman–Crippen MR) is 89.0 cm³/mol. The molecule has 0 amide bonds. The van der Waals surface area contributed by atoms with Gasteiger partial charge in [-0.25, -0.2) is 0 Å². The molecule has 2 aromatic rings. The highest BCUT2D eigenvalue weighted by molar-refractivity contribution is 8.06. The summed E-state index contributed by atoms with van der Waals surface area (Å²) in [5.74, 6) is 3.86. The van der Waals surface area contributed by atoms with Gasteiger partial charge in [-0.05, 0) is 30.2 Å². The number of benzene rings is 1. The molecule has 3 heterocycles. The lowest BCUT2D eigenvalue weighted by Crippen LogP contribution is -2.16. The van der Waals surface area contributed by atoms with Crippen LogP contribution in [-0.4, -0.2) is 33.4 Å². The maximum absolute atomic E-state index is 5.51. The van der Waals surface area contributed by atoms with Gasteiger partial charge in [0.05, 0.1) is 5.25 Å². The van der Waals surface area contributed by atoms with Gasteiger partial charge in [-0.15, -0.1) is 11.8 Å². The largest absolute Gasteiger partial charge is 0.384 e. The van der Waals surface area contributed by atoms with E-state index in [-0.39, 0.29) is 0 Å². The van der Waals surface area contributed by atoms with Crippen LogP contribution in [0.25, 0.3) is 11.5 Å². The number of hydrogen-bond acceptors (Lipinski definition) is 6. The van der Waals surface area contributed by atoms with Crippen LogP contribution in [0.2, 0.25) is 0 Å². The maximum Gasteiger partial charge on any atom is 0.257 e. The summed E-state index contributed by atoms with van der Waals surface area (Å²) in [7, 11) is 0. The molecule has 6 heteroatoms. The fourth-order valence-electron chi connectivity index (χ4n) is 2.82. The molecule has 1 aromatic carbocycles. The van der Waals surface area contributed by atoms with Crippen molar-refractivity contribution in [2.75, 3.05) is 23.4 Å². The second-order valence-electron chi connectivity index (χ2n) is 5.37. The molecule has 21 heavy (non-hydrogen) atoms. The number of thioether (sulfide) groups is 2. The van der Waals surface area contributed by atoms with E-state index >= 15 is 0 Å². The second kappa shape index (κ2) is 5.57. The Morgan fingerprint density at radius 1 is 1.29 bits per heavy atom. The van der Waals surface area contributed by atoms with Crippen molar-refractivity contribution in [3.8, 4) is 11.5 Å². The van der Waals surface area contributed by atoms with Crippen molar-refractivity contribution in [3.63, 3.8) is 0 Å². The van der Waals surface area contributed by atoms with Gasteiger partial charge in [-0.1, -0.05) is 12.1 Å². The molecule has 2 atom stereocenters. The molecule has 0 radical (unpaired) electrons. The molecule has 4 nitrogen and oxygen atoms in total. The third kappa shape index (κ3) is 2.55. The van der Waals surface area contributed by atoms with Crippen molar-refractivity contribution in [2.24, 2.45) is 0 Å². The van der Waals surface area contributed by atoms with Crippen LogP contribution in [0.4, 0.5) is 5.69 Å². The Morgan fingerprint density at radius 3 is 3.10 bits per heavy atom. The van der Waals surface area contributed by atoms with Crippen LogP contribution in [0.3, 0.4) is 0 Å². The molecule has 0 aliphatic carbocycles. The molecule has 2 aliphatic heterocycles. The molecular formula is C15H17N3OS2. The van der Waals surface area contributed by atoms with E-state index in [0.717, 1.165) is 30.1 Å². The smallest absolute Gasteiger partial charge is 0.257 e. The van der Waals surface area contributed by atoms with E-state index in [4.69, 9.17) is 4.52 Å². The Labute approximate surface area is 132 Å². The van der Waals surface area contributed by atoms with Gasteiger partial charge in [-0.2, -0.15) is 16.7 Å². The molecule has 1 aromatic heterocycles. The quantitative estimate of drug-likeness (QED) is 0.912. The normalized spacial score (nSPS) is 24.6. The number of aromatic nitrogens is 2. The summed E-state index contributed by atoms with van der Waals surface area (Å²) in [4.78, 5) is 4.65. The first-order chi connectivity index (χ1) is 10.3. The van der Waals surface area contributed by atoms with Crippen LogP contribution in [0.5, 0.6) is 0 Å². The predicted octanol–water partition coefficient (Wildman–Crippen LogP) is 3.61. The second-order valence-corrected chi connectivity index (χ2v) is 8.11. The average molecular weight is 319 g/mol. The van der Waals surface area contributed by atoms with Crippen LogP contribution >= 0.6 is 23.5 Å². The summed E-state index contributed by atoms with van der Waals surface area (Å²) in [5, 5.41) is 8.48. The van der Waals surface area contributed by atoms with Gasteiger partial charge in [-0.3, -0.25) is 0 Å². The van der Waals surface area contributed by atoms with Gasteiger partial charge in [0.2, 0.25) is 0 Å². The van der Waals surface area contributed by atoms with Gasteiger partial charge >= 0.3 is 0 Å². The Bertz CT molecular complexity index is 658. The summed E-state index contributed by atoms with van der Waals surface area (Å²) in [6.07, 6.45) is 1.07. The molecule has 4 rings (SSSR count). The van der Waals surface area contributed by atoms with E-state index in [9.17, 15) is 0 Å². The van der Waals surface area contributed by atoms with Gasteiger partial charge in [0.1, 0.15) is 0 Å². The maximum atomic E-state index is 5.51. The molecule has 1 N–H and O–H groups in total. The van der Waals surface area contributed by atoms with Crippen molar-refractivity contribution in [2.45, 2.75) is 23.8 Å². The summed E-state index contributed by atoms with van der Waals surface area (Å²) >= 11 is 3.93. The van der Waals surface area contributed by atoms with Crippen LogP contribution in [0, 0.1) is 0 Å².